The van der Waals surface area contributed by atoms with Crippen molar-refractivity contribution in [2.24, 2.45) is 5.92 Å². The number of carbonyl (C=O) groups excluding carboxylic acids is 1. The predicted molar refractivity (Wildman–Crippen MR) is 75.7 cm³/mol. The Morgan fingerprint density at radius 1 is 1.50 bits per heavy atom. The first-order valence-corrected chi connectivity index (χ1v) is 7.46. The van der Waals surface area contributed by atoms with Crippen LogP contribution in [0.3, 0.4) is 0 Å². The van der Waals surface area contributed by atoms with E-state index in [1.807, 2.05) is 0 Å². The standard InChI is InChI=1S/C13H18N4O2S/c1-4-19-13(18)12-11(5-9(2)3)17(16-15-12)7-10-6-14-8-20-10/h6,8-9H,4-5,7H2,1-3H3. The number of thiazole rings is 1. The van der Waals surface area contributed by atoms with Gasteiger partial charge in [-0.1, -0.05) is 19.1 Å². The third-order valence-corrected chi connectivity index (χ3v) is 3.46. The van der Waals surface area contributed by atoms with Crippen LogP contribution in [0, 0.1) is 5.92 Å². The Labute approximate surface area is 121 Å². The maximum Gasteiger partial charge on any atom is 0.360 e. The first-order chi connectivity index (χ1) is 9.61. The minimum atomic E-state index is -0.404. The number of carbonyl (C=O) groups is 1. The fraction of sp³-hybridized carbons (Fsp3) is 0.538. The molecule has 6 nitrogen and oxygen atoms in total. The van der Waals surface area contributed by atoms with Gasteiger partial charge in [-0.25, -0.2) is 9.48 Å². The van der Waals surface area contributed by atoms with Crippen molar-refractivity contribution in [1.29, 1.82) is 0 Å². The summed E-state index contributed by atoms with van der Waals surface area (Å²) in [5, 5.41) is 8.08. The van der Waals surface area contributed by atoms with Crippen LogP contribution in [-0.4, -0.2) is 32.6 Å². The summed E-state index contributed by atoms with van der Waals surface area (Å²) in [5.41, 5.74) is 2.93. The Bertz CT molecular complexity index is 563. The van der Waals surface area contributed by atoms with Gasteiger partial charge in [0.15, 0.2) is 5.69 Å². The average Bonchev–Trinajstić information content (AvgIpc) is 3.01. The molecule has 20 heavy (non-hydrogen) atoms. The molecule has 2 rings (SSSR count). The van der Waals surface area contributed by atoms with Crippen LogP contribution in [0.5, 0.6) is 0 Å². The molecule has 0 aromatic carbocycles. The summed E-state index contributed by atoms with van der Waals surface area (Å²) < 4.78 is 6.80. The van der Waals surface area contributed by atoms with Crippen LogP contribution in [0.15, 0.2) is 11.7 Å². The molecule has 0 radical (unpaired) electrons. The van der Waals surface area contributed by atoms with Crippen molar-refractivity contribution in [3.63, 3.8) is 0 Å². The fourth-order valence-electron chi connectivity index (χ4n) is 1.87. The van der Waals surface area contributed by atoms with Crippen LogP contribution in [0.25, 0.3) is 0 Å². The summed E-state index contributed by atoms with van der Waals surface area (Å²) >= 11 is 1.56. The highest BCUT2D eigenvalue weighted by atomic mass is 32.1. The highest BCUT2D eigenvalue weighted by molar-refractivity contribution is 7.09. The van der Waals surface area contributed by atoms with E-state index in [4.69, 9.17) is 4.74 Å². The Morgan fingerprint density at radius 2 is 2.30 bits per heavy atom. The van der Waals surface area contributed by atoms with E-state index in [2.05, 4.69) is 29.1 Å². The van der Waals surface area contributed by atoms with Gasteiger partial charge in [-0.05, 0) is 19.3 Å². The molecule has 0 atom stereocenters. The smallest absolute Gasteiger partial charge is 0.360 e. The summed E-state index contributed by atoms with van der Waals surface area (Å²) in [6.07, 6.45) is 2.54. The lowest BCUT2D eigenvalue weighted by atomic mass is 10.1. The Hall–Kier alpha value is -1.76. The number of rotatable bonds is 6. The fourth-order valence-corrected chi connectivity index (χ4v) is 2.45. The summed E-state index contributed by atoms with van der Waals surface area (Å²) in [5.74, 6) is 0.000548. The van der Waals surface area contributed by atoms with E-state index in [1.54, 1.807) is 34.6 Å². The molecule has 0 fully saturated rings. The molecular formula is C13H18N4O2S. The largest absolute Gasteiger partial charge is 0.461 e. The van der Waals surface area contributed by atoms with Crippen molar-refractivity contribution >= 4 is 17.3 Å². The Morgan fingerprint density at radius 3 is 2.90 bits per heavy atom. The quantitative estimate of drug-likeness (QED) is 0.764. The molecule has 0 aliphatic carbocycles. The van der Waals surface area contributed by atoms with Crippen molar-refractivity contribution in [3.8, 4) is 0 Å². The molecule has 0 saturated carbocycles. The number of esters is 1. The van der Waals surface area contributed by atoms with Gasteiger partial charge < -0.3 is 4.74 Å². The molecule has 0 unspecified atom stereocenters. The highest BCUT2D eigenvalue weighted by Gasteiger charge is 2.21. The molecule has 2 aromatic rings. The zero-order valence-electron chi connectivity index (χ0n) is 11.9. The molecule has 0 aliphatic rings. The van der Waals surface area contributed by atoms with Crippen molar-refractivity contribution in [2.75, 3.05) is 6.61 Å². The van der Waals surface area contributed by atoms with Gasteiger partial charge in [0, 0.05) is 11.1 Å². The van der Waals surface area contributed by atoms with Crippen LogP contribution in [0.2, 0.25) is 0 Å². The van der Waals surface area contributed by atoms with Crippen molar-refractivity contribution < 1.29 is 9.53 Å². The molecule has 108 valence electrons. The molecule has 2 aromatic heterocycles. The Balaban J connectivity index is 2.29. The first kappa shape index (κ1) is 14.6. The van der Waals surface area contributed by atoms with E-state index in [-0.39, 0.29) is 0 Å². The molecule has 0 spiro atoms. The maximum absolute atomic E-state index is 11.9. The number of nitrogens with zero attached hydrogens (tertiary/aromatic N) is 4. The van der Waals surface area contributed by atoms with Crippen LogP contribution in [-0.2, 0) is 17.7 Å². The van der Waals surface area contributed by atoms with Crippen molar-refractivity contribution in [2.45, 2.75) is 33.7 Å². The van der Waals surface area contributed by atoms with Gasteiger partial charge >= 0.3 is 5.97 Å². The van der Waals surface area contributed by atoms with E-state index in [1.165, 1.54) is 0 Å². The number of hydrogen-bond acceptors (Lipinski definition) is 6. The summed E-state index contributed by atoms with van der Waals surface area (Å²) in [4.78, 5) is 17.0. The predicted octanol–water partition coefficient (Wildman–Crippen LogP) is 2.16. The zero-order chi connectivity index (χ0) is 14.5. The summed E-state index contributed by atoms with van der Waals surface area (Å²) in [6, 6.07) is 0. The first-order valence-electron chi connectivity index (χ1n) is 6.58. The Kier molecular flexibility index (Phi) is 4.84. The van der Waals surface area contributed by atoms with Crippen LogP contribution < -0.4 is 0 Å². The zero-order valence-corrected chi connectivity index (χ0v) is 12.7. The molecule has 7 heteroatoms. The molecule has 0 bridgehead atoms. The van der Waals surface area contributed by atoms with E-state index in [9.17, 15) is 4.79 Å². The lowest BCUT2D eigenvalue weighted by Gasteiger charge is -2.09. The third kappa shape index (κ3) is 3.41. The number of ether oxygens (including phenoxy) is 1. The summed E-state index contributed by atoms with van der Waals surface area (Å²) in [7, 11) is 0. The highest BCUT2D eigenvalue weighted by Crippen LogP contribution is 2.16. The van der Waals surface area contributed by atoms with Gasteiger partial charge in [0.05, 0.1) is 24.4 Å². The number of hydrogen-bond donors (Lipinski definition) is 0. The molecule has 0 saturated heterocycles. The lowest BCUT2D eigenvalue weighted by molar-refractivity contribution is 0.0518. The van der Waals surface area contributed by atoms with Crippen LogP contribution in [0.4, 0.5) is 0 Å². The molecular weight excluding hydrogens is 276 g/mol. The van der Waals surface area contributed by atoms with Gasteiger partial charge in [0.2, 0.25) is 0 Å². The summed E-state index contributed by atoms with van der Waals surface area (Å²) in [6.45, 7) is 6.89. The minimum Gasteiger partial charge on any atom is -0.461 e. The SMILES string of the molecule is CCOC(=O)c1nnn(Cc2cncs2)c1CC(C)C. The van der Waals surface area contributed by atoms with Crippen molar-refractivity contribution in [1.82, 2.24) is 20.0 Å². The monoisotopic (exact) mass is 294 g/mol. The van der Waals surface area contributed by atoms with Crippen molar-refractivity contribution in [3.05, 3.63) is 28.0 Å². The molecule has 0 N–H and O–H groups in total. The minimum absolute atomic E-state index is 0.324. The van der Waals surface area contributed by atoms with Gasteiger partial charge in [-0.3, -0.25) is 4.98 Å². The molecule has 0 aliphatic heterocycles. The van der Waals surface area contributed by atoms with Gasteiger partial charge in [-0.15, -0.1) is 16.4 Å². The topological polar surface area (TPSA) is 69.9 Å². The average molecular weight is 294 g/mol. The molecule has 2 heterocycles. The van der Waals surface area contributed by atoms with E-state index < -0.39 is 5.97 Å². The lowest BCUT2D eigenvalue weighted by Crippen LogP contribution is -2.13. The van der Waals surface area contributed by atoms with E-state index in [0.29, 0.717) is 24.8 Å². The van der Waals surface area contributed by atoms with Gasteiger partial charge in [0.25, 0.3) is 0 Å². The normalized spacial score (nSPS) is 11.0. The second-order valence-electron chi connectivity index (χ2n) is 4.83. The van der Waals surface area contributed by atoms with E-state index >= 15 is 0 Å². The number of aromatic nitrogens is 4. The molecule has 0 amide bonds. The maximum atomic E-state index is 11.9. The third-order valence-electron chi connectivity index (χ3n) is 2.70. The van der Waals surface area contributed by atoms with Crippen LogP contribution in [0.1, 0.15) is 41.8 Å². The van der Waals surface area contributed by atoms with Gasteiger partial charge in [0.1, 0.15) is 0 Å². The van der Waals surface area contributed by atoms with Gasteiger partial charge in [-0.2, -0.15) is 0 Å². The van der Waals surface area contributed by atoms with Crippen LogP contribution >= 0.6 is 11.3 Å². The van der Waals surface area contributed by atoms with E-state index in [0.717, 1.165) is 17.0 Å². The second kappa shape index (κ2) is 6.60. The second-order valence-corrected chi connectivity index (χ2v) is 5.80.